The quantitative estimate of drug-likeness (QED) is 0.439. The Balaban J connectivity index is 2.86. The molecule has 0 spiro atoms. The van der Waals surface area contributed by atoms with E-state index in [2.05, 4.69) is 11.4 Å². The minimum Gasteiger partial charge on any atom is -0.481 e. The molecule has 0 bridgehead atoms. The van der Waals surface area contributed by atoms with Crippen molar-refractivity contribution in [2.24, 2.45) is 5.92 Å². The van der Waals surface area contributed by atoms with E-state index < -0.39 is 19.7 Å². The molecule has 0 aromatic heterocycles. The summed E-state index contributed by atoms with van der Waals surface area (Å²) >= 11 is 0. The van der Waals surface area contributed by atoms with Crippen LogP contribution in [0.5, 0.6) is 5.75 Å². The van der Waals surface area contributed by atoms with E-state index >= 15 is 0 Å². The van der Waals surface area contributed by atoms with Crippen LogP contribution in [0.25, 0.3) is 0 Å². The van der Waals surface area contributed by atoms with Crippen LogP contribution >= 0.6 is 7.82 Å². The molecule has 1 rings (SSSR count). The highest BCUT2D eigenvalue weighted by molar-refractivity contribution is 7.46. The Labute approximate surface area is 136 Å². The maximum atomic E-state index is 11.6. The molecule has 0 heterocycles. The fourth-order valence-electron chi connectivity index (χ4n) is 2.68. The van der Waals surface area contributed by atoms with Gasteiger partial charge in [-0.1, -0.05) is 51.7 Å². The van der Waals surface area contributed by atoms with Crippen molar-refractivity contribution in [1.29, 1.82) is 0 Å². The number of carboxylic acids is 1. The third-order valence-electron chi connectivity index (χ3n) is 3.79. The average molecular weight is 344 g/mol. The number of carboxylic acid groups (broad SMARTS) is 1. The lowest BCUT2D eigenvalue weighted by molar-refractivity contribution is -0.140. The number of phosphoric ester groups is 1. The zero-order valence-corrected chi connectivity index (χ0v) is 14.4. The van der Waals surface area contributed by atoms with Crippen LogP contribution in [0.4, 0.5) is 0 Å². The van der Waals surface area contributed by atoms with Crippen molar-refractivity contribution >= 4 is 13.8 Å². The molecule has 0 aliphatic carbocycles. The van der Waals surface area contributed by atoms with Crippen molar-refractivity contribution < 1.29 is 28.8 Å². The van der Waals surface area contributed by atoms with Gasteiger partial charge in [-0.25, -0.2) is 4.57 Å². The molecule has 23 heavy (non-hydrogen) atoms. The van der Waals surface area contributed by atoms with Crippen LogP contribution in [0.1, 0.15) is 57.4 Å². The summed E-state index contributed by atoms with van der Waals surface area (Å²) in [6, 6.07) is 5.97. The molecule has 2 atom stereocenters. The second kappa shape index (κ2) is 9.06. The third-order valence-corrected chi connectivity index (χ3v) is 4.24. The molecular formula is C16H25O6P. The second-order valence-corrected chi connectivity index (χ2v) is 6.96. The molecule has 2 unspecified atom stereocenters. The predicted molar refractivity (Wildman–Crippen MR) is 87.4 cm³/mol. The molecule has 1 aromatic carbocycles. The molecular weight excluding hydrogens is 319 g/mol. The van der Waals surface area contributed by atoms with Crippen LogP contribution in [0.2, 0.25) is 0 Å². The molecule has 0 radical (unpaired) electrons. The van der Waals surface area contributed by atoms with Gasteiger partial charge in [-0.2, -0.15) is 0 Å². The largest absolute Gasteiger partial charge is 0.524 e. The molecule has 1 aromatic rings. The normalized spacial score (nSPS) is 14.3. The molecule has 0 saturated heterocycles. The summed E-state index contributed by atoms with van der Waals surface area (Å²) in [5.41, 5.74) is 0.492. The average Bonchev–Trinajstić information content (AvgIpc) is 2.42. The lowest BCUT2D eigenvalue weighted by Crippen LogP contribution is -2.19. The van der Waals surface area contributed by atoms with Gasteiger partial charge in [0.25, 0.3) is 0 Å². The Morgan fingerprint density at radius 1 is 1.26 bits per heavy atom. The third kappa shape index (κ3) is 7.16. The van der Waals surface area contributed by atoms with Crippen LogP contribution in [-0.4, -0.2) is 20.9 Å². The van der Waals surface area contributed by atoms with Crippen molar-refractivity contribution in [3.8, 4) is 5.75 Å². The number of aliphatic carboxylic acids is 1. The number of benzene rings is 1. The van der Waals surface area contributed by atoms with Crippen molar-refractivity contribution in [3.05, 3.63) is 29.8 Å². The van der Waals surface area contributed by atoms with Crippen LogP contribution < -0.4 is 4.52 Å². The van der Waals surface area contributed by atoms with Crippen molar-refractivity contribution in [3.63, 3.8) is 0 Å². The summed E-state index contributed by atoms with van der Waals surface area (Å²) < 4.78 is 15.4. The summed E-state index contributed by atoms with van der Waals surface area (Å²) in [5, 5.41) is 9.53. The van der Waals surface area contributed by atoms with Crippen LogP contribution in [0.3, 0.4) is 0 Å². The van der Waals surface area contributed by atoms with Crippen LogP contribution in [0, 0.1) is 5.92 Å². The Morgan fingerprint density at radius 2 is 1.96 bits per heavy atom. The highest BCUT2D eigenvalue weighted by atomic mass is 31.2. The molecule has 0 amide bonds. The van der Waals surface area contributed by atoms with Gasteiger partial charge in [-0.15, -0.1) is 0 Å². The van der Waals surface area contributed by atoms with E-state index in [1.165, 1.54) is 12.1 Å². The first kappa shape index (κ1) is 19.7. The Bertz CT molecular complexity index is 553. The summed E-state index contributed by atoms with van der Waals surface area (Å²) in [7, 11) is -4.66. The fraction of sp³-hybridized carbons (Fsp3) is 0.562. The van der Waals surface area contributed by atoms with Gasteiger partial charge < -0.3 is 9.63 Å². The van der Waals surface area contributed by atoms with Gasteiger partial charge in [0.2, 0.25) is 0 Å². The number of unbranched alkanes of at least 4 members (excludes halogenated alkanes) is 3. The van der Waals surface area contributed by atoms with Crippen molar-refractivity contribution in [2.75, 3.05) is 0 Å². The lowest BCUT2D eigenvalue weighted by Gasteiger charge is -2.21. The second-order valence-electron chi connectivity index (χ2n) is 5.80. The Kier molecular flexibility index (Phi) is 7.76. The van der Waals surface area contributed by atoms with Gasteiger partial charge >= 0.3 is 13.8 Å². The van der Waals surface area contributed by atoms with E-state index in [1.54, 1.807) is 12.1 Å². The van der Waals surface area contributed by atoms with Gasteiger partial charge in [-0.3, -0.25) is 14.6 Å². The Morgan fingerprint density at radius 3 is 2.52 bits per heavy atom. The van der Waals surface area contributed by atoms with Crippen molar-refractivity contribution in [2.45, 2.75) is 51.9 Å². The predicted octanol–water partition coefficient (Wildman–Crippen LogP) is 3.93. The maximum absolute atomic E-state index is 11.6. The molecule has 0 aliphatic heterocycles. The summed E-state index contributed by atoms with van der Waals surface area (Å²) in [6.07, 6.45) is 5.10. The maximum Gasteiger partial charge on any atom is 0.524 e. The molecule has 7 heteroatoms. The highest BCUT2D eigenvalue weighted by Crippen LogP contribution is 2.39. The fourth-order valence-corrected chi connectivity index (χ4v) is 3.06. The SMILES string of the molecule is CCCCCCC(C)C(C(=O)O)c1cccc(OP(=O)(O)O)c1. The zero-order chi connectivity index (χ0) is 17.5. The van der Waals surface area contributed by atoms with E-state index in [0.717, 1.165) is 32.1 Å². The number of hydrogen-bond acceptors (Lipinski definition) is 3. The minimum atomic E-state index is -4.66. The van der Waals surface area contributed by atoms with E-state index in [-0.39, 0.29) is 11.7 Å². The molecule has 0 aliphatic rings. The van der Waals surface area contributed by atoms with E-state index in [0.29, 0.717) is 5.56 Å². The summed E-state index contributed by atoms with van der Waals surface area (Å²) in [6.45, 7) is 4.01. The first-order chi connectivity index (χ1) is 10.7. The molecule has 130 valence electrons. The van der Waals surface area contributed by atoms with Gasteiger partial charge in [0, 0.05) is 0 Å². The summed E-state index contributed by atoms with van der Waals surface area (Å²) in [4.78, 5) is 29.3. The highest BCUT2D eigenvalue weighted by Gasteiger charge is 2.27. The zero-order valence-electron chi connectivity index (χ0n) is 13.5. The molecule has 3 N–H and O–H groups in total. The van der Waals surface area contributed by atoms with Gasteiger partial charge in [0.15, 0.2) is 0 Å². The first-order valence-electron chi connectivity index (χ1n) is 7.82. The van der Waals surface area contributed by atoms with E-state index in [4.69, 9.17) is 9.79 Å². The van der Waals surface area contributed by atoms with Gasteiger partial charge in [-0.05, 0) is 30.0 Å². The number of rotatable bonds is 10. The van der Waals surface area contributed by atoms with Crippen LogP contribution in [0.15, 0.2) is 24.3 Å². The van der Waals surface area contributed by atoms with Crippen LogP contribution in [-0.2, 0) is 9.36 Å². The minimum absolute atomic E-state index is 0.0275. The standard InChI is InChI=1S/C16H25O6P/c1-3-4-5-6-8-12(2)15(16(17)18)13-9-7-10-14(11-13)22-23(19,20)21/h7,9-12,15H,3-6,8H2,1-2H3,(H,17,18)(H2,19,20,21). The number of phosphoric acid groups is 1. The summed E-state index contributed by atoms with van der Waals surface area (Å²) in [5.74, 6) is -1.77. The first-order valence-corrected chi connectivity index (χ1v) is 9.35. The molecule has 0 fully saturated rings. The molecule has 0 saturated carbocycles. The lowest BCUT2D eigenvalue weighted by atomic mass is 9.84. The van der Waals surface area contributed by atoms with Crippen molar-refractivity contribution in [1.82, 2.24) is 0 Å². The van der Waals surface area contributed by atoms with Gasteiger partial charge in [0.1, 0.15) is 5.75 Å². The smallest absolute Gasteiger partial charge is 0.481 e. The Hall–Kier alpha value is -1.36. The van der Waals surface area contributed by atoms with Gasteiger partial charge in [0.05, 0.1) is 5.92 Å². The number of hydrogen-bond donors (Lipinski definition) is 3. The van der Waals surface area contributed by atoms with E-state index in [9.17, 15) is 14.5 Å². The topological polar surface area (TPSA) is 104 Å². The van der Waals surface area contributed by atoms with E-state index in [1.807, 2.05) is 6.92 Å². The number of carbonyl (C=O) groups is 1. The monoisotopic (exact) mass is 344 g/mol. The molecule has 6 nitrogen and oxygen atoms in total.